The van der Waals surface area contributed by atoms with Crippen molar-refractivity contribution in [2.24, 2.45) is 0 Å². The highest BCUT2D eigenvalue weighted by atomic mass is 35.5. The summed E-state index contributed by atoms with van der Waals surface area (Å²) in [6.45, 7) is 2.82. The first-order chi connectivity index (χ1) is 14.4. The van der Waals surface area contributed by atoms with E-state index in [-0.39, 0.29) is 0 Å². The first-order valence-electron chi connectivity index (χ1n) is 9.42. The number of alkyl halides is 6. The van der Waals surface area contributed by atoms with E-state index in [1.54, 1.807) is 18.2 Å². The first-order valence-corrected chi connectivity index (χ1v) is 10.2. The van der Waals surface area contributed by atoms with Crippen LogP contribution in [0.1, 0.15) is 30.9 Å². The number of rotatable bonds is 9. The maximum atomic E-state index is 13.8. The van der Waals surface area contributed by atoms with Gasteiger partial charge >= 0.3 is 6.18 Å². The minimum Gasteiger partial charge on any atom is -0.374 e. The summed E-state index contributed by atoms with van der Waals surface area (Å²) in [4.78, 5) is 1.84. The molecule has 0 spiro atoms. The minimum atomic E-state index is -5.64. The van der Waals surface area contributed by atoms with E-state index >= 15 is 0 Å². The zero-order chi connectivity index (χ0) is 23.4. The standard InChI is InChI=1S/C21H21Cl2F6NO/c1-2-3-8-30(12-13-9-15(22)11-16(23)10-13)17-6-4-14(5-7-17)20(31,21(27,28)29)18(24)19(25)26/h4-7,9-11,18-19,31H,2-3,8,12H2,1H3. The molecule has 10 heteroatoms. The van der Waals surface area contributed by atoms with Crippen LogP contribution in [0.2, 0.25) is 10.0 Å². The Labute approximate surface area is 186 Å². The largest absolute Gasteiger partial charge is 0.424 e. The lowest BCUT2D eigenvalue weighted by atomic mass is 9.88. The molecule has 0 saturated heterocycles. The van der Waals surface area contributed by atoms with Gasteiger partial charge in [0.1, 0.15) is 0 Å². The van der Waals surface area contributed by atoms with Crippen LogP contribution >= 0.6 is 23.2 Å². The predicted molar refractivity (Wildman–Crippen MR) is 110 cm³/mol. The normalized spacial score (nSPS) is 15.1. The van der Waals surface area contributed by atoms with Crippen LogP contribution in [0.25, 0.3) is 0 Å². The van der Waals surface area contributed by atoms with Crippen LogP contribution in [0.15, 0.2) is 42.5 Å². The summed E-state index contributed by atoms with van der Waals surface area (Å²) >= 11 is 12.0. The van der Waals surface area contributed by atoms with E-state index in [9.17, 15) is 31.4 Å². The second-order valence-corrected chi connectivity index (χ2v) is 7.97. The predicted octanol–water partition coefficient (Wildman–Crippen LogP) is 7.15. The molecule has 0 radical (unpaired) electrons. The van der Waals surface area contributed by atoms with Gasteiger partial charge in [-0.3, -0.25) is 0 Å². The van der Waals surface area contributed by atoms with Gasteiger partial charge in [-0.25, -0.2) is 13.2 Å². The first kappa shape index (κ1) is 25.6. The summed E-state index contributed by atoms with van der Waals surface area (Å²) in [5.41, 5.74) is -4.11. The van der Waals surface area contributed by atoms with Gasteiger partial charge in [-0.1, -0.05) is 48.7 Å². The van der Waals surface area contributed by atoms with Gasteiger partial charge < -0.3 is 10.0 Å². The smallest absolute Gasteiger partial charge is 0.374 e. The van der Waals surface area contributed by atoms with E-state index < -0.39 is 29.9 Å². The van der Waals surface area contributed by atoms with Crippen LogP contribution in [-0.4, -0.2) is 30.4 Å². The van der Waals surface area contributed by atoms with Crippen molar-refractivity contribution in [2.75, 3.05) is 11.4 Å². The Kier molecular flexibility index (Phi) is 8.53. The van der Waals surface area contributed by atoms with E-state index in [2.05, 4.69) is 0 Å². The number of halogens is 8. The van der Waals surface area contributed by atoms with Crippen LogP contribution < -0.4 is 4.90 Å². The molecule has 0 fully saturated rings. The second-order valence-electron chi connectivity index (χ2n) is 7.10. The van der Waals surface area contributed by atoms with Crippen LogP contribution in [0.5, 0.6) is 0 Å². The van der Waals surface area contributed by atoms with E-state index in [0.29, 0.717) is 28.8 Å². The molecule has 2 aromatic rings. The summed E-state index contributed by atoms with van der Waals surface area (Å²) < 4.78 is 79.2. The molecule has 0 aromatic heterocycles. The molecule has 1 N–H and O–H groups in total. The molecule has 2 aromatic carbocycles. The van der Waals surface area contributed by atoms with Crippen LogP contribution in [0.4, 0.5) is 32.0 Å². The summed E-state index contributed by atoms with van der Waals surface area (Å²) in [6, 6.07) is 9.02. The molecule has 172 valence electrons. The number of hydrogen-bond acceptors (Lipinski definition) is 2. The average molecular weight is 488 g/mol. The summed E-state index contributed by atoms with van der Waals surface area (Å²) in [5.74, 6) is 0. The maximum Gasteiger partial charge on any atom is 0.424 e. The van der Waals surface area contributed by atoms with Gasteiger partial charge in [0, 0.05) is 28.8 Å². The van der Waals surface area contributed by atoms with Crippen molar-refractivity contribution < 1.29 is 31.4 Å². The fraction of sp³-hybridized carbons (Fsp3) is 0.429. The molecule has 2 atom stereocenters. The fourth-order valence-corrected chi connectivity index (χ4v) is 3.73. The fourth-order valence-electron chi connectivity index (χ4n) is 3.16. The Morgan fingerprint density at radius 1 is 0.968 bits per heavy atom. The minimum absolute atomic E-state index is 0.325. The monoisotopic (exact) mass is 487 g/mol. The number of unbranched alkanes of at least 4 members (excludes halogenated alkanes) is 1. The summed E-state index contributed by atoms with van der Waals surface area (Å²) in [6.07, 6.45) is -11.9. The number of benzene rings is 2. The number of anilines is 1. The average Bonchev–Trinajstić information content (AvgIpc) is 2.68. The van der Waals surface area contributed by atoms with Gasteiger partial charge in [0.25, 0.3) is 6.43 Å². The molecule has 2 unspecified atom stereocenters. The second kappa shape index (κ2) is 10.3. The van der Waals surface area contributed by atoms with E-state index in [1.165, 1.54) is 12.1 Å². The highest BCUT2D eigenvalue weighted by Crippen LogP contribution is 2.45. The third-order valence-corrected chi connectivity index (χ3v) is 5.24. The van der Waals surface area contributed by atoms with Gasteiger partial charge in [0.15, 0.2) is 0 Å². The van der Waals surface area contributed by atoms with Crippen molar-refractivity contribution in [2.45, 2.75) is 50.7 Å². The zero-order valence-corrected chi connectivity index (χ0v) is 18.0. The Bertz CT molecular complexity index is 842. The molecular formula is C21H21Cl2F6NO. The third kappa shape index (κ3) is 5.99. The highest BCUT2D eigenvalue weighted by Gasteiger charge is 2.63. The molecular weight excluding hydrogens is 467 g/mol. The van der Waals surface area contributed by atoms with E-state index in [1.807, 2.05) is 11.8 Å². The van der Waals surface area contributed by atoms with Gasteiger partial charge in [-0.15, -0.1) is 0 Å². The van der Waals surface area contributed by atoms with Crippen LogP contribution in [-0.2, 0) is 12.1 Å². The molecule has 31 heavy (non-hydrogen) atoms. The third-order valence-electron chi connectivity index (χ3n) is 4.80. The Hall–Kier alpha value is -1.64. The van der Waals surface area contributed by atoms with Gasteiger partial charge in [0.2, 0.25) is 11.8 Å². The number of nitrogens with zero attached hydrogens (tertiary/aromatic N) is 1. The molecule has 0 amide bonds. The Morgan fingerprint density at radius 3 is 1.97 bits per heavy atom. The lowest BCUT2D eigenvalue weighted by Crippen LogP contribution is -2.52. The van der Waals surface area contributed by atoms with Crippen LogP contribution in [0, 0.1) is 0 Å². The molecule has 0 aliphatic carbocycles. The van der Waals surface area contributed by atoms with Gasteiger partial charge in [0.05, 0.1) is 0 Å². The van der Waals surface area contributed by atoms with E-state index in [4.69, 9.17) is 23.2 Å². The molecule has 0 aliphatic heterocycles. The Morgan fingerprint density at radius 2 is 1.52 bits per heavy atom. The topological polar surface area (TPSA) is 23.5 Å². The molecule has 2 rings (SSSR count). The van der Waals surface area contributed by atoms with Crippen molar-refractivity contribution in [1.29, 1.82) is 0 Å². The SMILES string of the molecule is CCCCN(Cc1cc(Cl)cc(Cl)c1)c1ccc(C(O)(C(F)C(F)F)C(F)(F)F)cc1. The lowest BCUT2D eigenvalue weighted by molar-refractivity contribution is -0.300. The van der Waals surface area contributed by atoms with E-state index in [0.717, 1.165) is 30.5 Å². The van der Waals surface area contributed by atoms with Gasteiger partial charge in [-0.05, 0) is 47.9 Å². The lowest BCUT2D eigenvalue weighted by Gasteiger charge is -2.34. The number of aliphatic hydroxyl groups is 1. The van der Waals surface area contributed by atoms with Crippen molar-refractivity contribution in [1.82, 2.24) is 0 Å². The van der Waals surface area contributed by atoms with Crippen LogP contribution in [0.3, 0.4) is 0 Å². The van der Waals surface area contributed by atoms with Crippen molar-refractivity contribution in [3.05, 3.63) is 63.6 Å². The summed E-state index contributed by atoms with van der Waals surface area (Å²) in [5, 5.41) is 10.7. The zero-order valence-electron chi connectivity index (χ0n) is 16.4. The molecule has 2 nitrogen and oxygen atoms in total. The Balaban J connectivity index is 2.39. The highest BCUT2D eigenvalue weighted by molar-refractivity contribution is 6.34. The van der Waals surface area contributed by atoms with Gasteiger partial charge in [-0.2, -0.15) is 13.2 Å². The number of hydrogen-bond donors (Lipinski definition) is 1. The molecule has 0 aliphatic rings. The summed E-state index contributed by atoms with van der Waals surface area (Å²) in [7, 11) is 0. The quantitative estimate of drug-likeness (QED) is 0.379. The maximum absolute atomic E-state index is 13.8. The van der Waals surface area contributed by atoms with Crippen molar-refractivity contribution in [3.8, 4) is 0 Å². The van der Waals surface area contributed by atoms with Crippen molar-refractivity contribution in [3.63, 3.8) is 0 Å². The molecule has 0 heterocycles. The molecule has 0 saturated carbocycles. The molecule has 0 bridgehead atoms. The van der Waals surface area contributed by atoms with Crippen molar-refractivity contribution >= 4 is 28.9 Å².